The molecular weight excluding hydrogens is 424 g/mol. The minimum Gasteiger partial charge on any atom is -0.390 e. The number of anilines is 1. The van der Waals surface area contributed by atoms with E-state index in [1.165, 1.54) is 23.2 Å². The molecule has 0 aliphatic carbocycles. The van der Waals surface area contributed by atoms with Crippen LogP contribution in [-0.2, 0) is 16.2 Å². The lowest BCUT2D eigenvalue weighted by atomic mass is 10.2. The van der Waals surface area contributed by atoms with E-state index in [4.69, 9.17) is 16.4 Å². The Balaban J connectivity index is 1.63. The van der Waals surface area contributed by atoms with Gasteiger partial charge < -0.3 is 15.3 Å². The molecule has 11 nitrogen and oxygen atoms in total. The van der Waals surface area contributed by atoms with Crippen molar-refractivity contribution in [3.63, 3.8) is 0 Å². The Morgan fingerprint density at radius 1 is 1.35 bits per heavy atom. The highest BCUT2D eigenvalue weighted by atomic mass is 35.5. The fourth-order valence-electron chi connectivity index (χ4n) is 2.92. The van der Waals surface area contributed by atoms with Crippen molar-refractivity contribution in [1.29, 1.82) is 0 Å². The molecule has 0 spiro atoms. The van der Waals surface area contributed by atoms with Crippen molar-refractivity contribution in [3.05, 3.63) is 41.7 Å². The zero-order valence-electron chi connectivity index (χ0n) is 17.5. The molecule has 2 atom stereocenters. The third-order valence-corrected chi connectivity index (χ3v) is 4.83. The lowest BCUT2D eigenvalue weighted by Gasteiger charge is -2.17. The number of nitrogens with zero attached hydrogens (tertiary/aromatic N) is 7. The number of rotatable bonds is 10. The number of amides is 1. The number of carbonyl (C=O) groups excluding carboxylic acids is 1. The number of likely N-dealkylation sites (N-methyl/N-ethyl adjacent to an activating group) is 1. The average molecular weight is 449 g/mol. The number of hydrogen-bond acceptors (Lipinski definition) is 8. The van der Waals surface area contributed by atoms with Gasteiger partial charge in [0, 0.05) is 23.8 Å². The van der Waals surface area contributed by atoms with Gasteiger partial charge in [-0.05, 0) is 35.9 Å². The molecule has 1 amide bonds. The number of hydrogen-bond donors (Lipinski definition) is 2. The molecule has 166 valence electrons. The van der Waals surface area contributed by atoms with Crippen molar-refractivity contribution in [2.75, 3.05) is 26.0 Å². The van der Waals surface area contributed by atoms with Crippen molar-refractivity contribution < 1.29 is 14.7 Å². The van der Waals surface area contributed by atoms with E-state index in [1.807, 2.05) is 6.92 Å². The predicted molar refractivity (Wildman–Crippen MR) is 114 cm³/mol. The van der Waals surface area contributed by atoms with Crippen LogP contribution >= 0.6 is 11.6 Å². The molecule has 0 bridgehead atoms. The molecule has 31 heavy (non-hydrogen) atoms. The zero-order valence-corrected chi connectivity index (χ0v) is 18.3. The number of benzene rings is 1. The maximum absolute atomic E-state index is 12.8. The van der Waals surface area contributed by atoms with E-state index < -0.39 is 12.1 Å². The standard InChI is InChI=1S/C19H25ClN8O3/c1-4-17(28-24-18(23-25-28)13-5-7-14(20)8-6-13)19(30)22-15-9-21-27(10-15)12-16(29)11-26(2)31-3/h5-10,16-17,29H,4,11-12H2,1-3H3,(H,22,30). The highest BCUT2D eigenvalue weighted by Gasteiger charge is 2.23. The molecule has 0 saturated heterocycles. The molecule has 0 fully saturated rings. The first-order valence-electron chi connectivity index (χ1n) is 9.71. The van der Waals surface area contributed by atoms with Crippen LogP contribution in [0.3, 0.4) is 0 Å². The minimum atomic E-state index is -0.678. The second-order valence-electron chi connectivity index (χ2n) is 6.95. The van der Waals surface area contributed by atoms with Crippen molar-refractivity contribution in [2.24, 2.45) is 0 Å². The summed E-state index contributed by atoms with van der Waals surface area (Å²) in [5.41, 5.74) is 1.26. The molecule has 0 aliphatic heterocycles. The second kappa shape index (κ2) is 10.4. The highest BCUT2D eigenvalue weighted by molar-refractivity contribution is 6.30. The number of carbonyl (C=O) groups is 1. The van der Waals surface area contributed by atoms with Gasteiger partial charge in [0.2, 0.25) is 5.82 Å². The summed E-state index contributed by atoms with van der Waals surface area (Å²) in [5, 5.41) is 31.6. The third-order valence-electron chi connectivity index (χ3n) is 4.58. The molecule has 2 N–H and O–H groups in total. The van der Waals surface area contributed by atoms with Crippen LogP contribution in [0.5, 0.6) is 0 Å². The number of aliphatic hydroxyl groups excluding tert-OH is 1. The number of halogens is 1. The average Bonchev–Trinajstić information content (AvgIpc) is 3.39. The summed E-state index contributed by atoms with van der Waals surface area (Å²) in [6, 6.07) is 6.42. The molecule has 0 aliphatic rings. The maximum Gasteiger partial charge on any atom is 0.251 e. The molecule has 1 aromatic carbocycles. The third kappa shape index (κ3) is 6.07. The first-order valence-corrected chi connectivity index (χ1v) is 10.1. The fourth-order valence-corrected chi connectivity index (χ4v) is 3.05. The Labute approximate surface area is 184 Å². The lowest BCUT2D eigenvalue weighted by Crippen LogP contribution is -2.31. The Morgan fingerprint density at radius 3 is 2.77 bits per heavy atom. The van der Waals surface area contributed by atoms with E-state index in [0.29, 0.717) is 29.5 Å². The summed E-state index contributed by atoms with van der Waals surface area (Å²) in [6.07, 6.45) is 2.96. The van der Waals surface area contributed by atoms with Crippen LogP contribution < -0.4 is 5.32 Å². The number of nitrogens with one attached hydrogen (secondary N) is 1. The number of hydroxylamine groups is 2. The van der Waals surface area contributed by atoms with Crippen LogP contribution in [0.15, 0.2) is 36.7 Å². The first-order chi connectivity index (χ1) is 14.9. The molecule has 3 rings (SSSR count). The molecule has 2 unspecified atom stereocenters. The maximum atomic E-state index is 12.8. The first kappa shape index (κ1) is 22.8. The highest BCUT2D eigenvalue weighted by Crippen LogP contribution is 2.19. The summed E-state index contributed by atoms with van der Waals surface area (Å²) in [7, 11) is 3.25. The van der Waals surface area contributed by atoms with Gasteiger partial charge in [0.25, 0.3) is 5.91 Å². The van der Waals surface area contributed by atoms with E-state index >= 15 is 0 Å². The van der Waals surface area contributed by atoms with E-state index in [-0.39, 0.29) is 12.5 Å². The minimum absolute atomic E-state index is 0.260. The van der Waals surface area contributed by atoms with Gasteiger partial charge in [-0.1, -0.05) is 18.5 Å². The molecule has 12 heteroatoms. The molecule has 0 saturated carbocycles. The van der Waals surface area contributed by atoms with Crippen LogP contribution in [-0.4, -0.2) is 72.9 Å². The van der Waals surface area contributed by atoms with Crippen molar-refractivity contribution in [2.45, 2.75) is 32.0 Å². The fraction of sp³-hybridized carbons (Fsp3) is 0.421. The molecule has 2 aromatic heterocycles. The van der Waals surface area contributed by atoms with E-state index in [2.05, 4.69) is 25.8 Å². The largest absolute Gasteiger partial charge is 0.390 e. The van der Waals surface area contributed by atoms with Crippen LogP contribution in [0.2, 0.25) is 5.02 Å². The van der Waals surface area contributed by atoms with Crippen LogP contribution in [0.1, 0.15) is 19.4 Å². The summed E-state index contributed by atoms with van der Waals surface area (Å²) in [6.45, 7) is 2.45. The monoisotopic (exact) mass is 448 g/mol. The quantitative estimate of drug-likeness (QED) is 0.448. The van der Waals surface area contributed by atoms with Gasteiger partial charge in [-0.15, -0.1) is 10.2 Å². The van der Waals surface area contributed by atoms with Gasteiger partial charge >= 0.3 is 0 Å². The van der Waals surface area contributed by atoms with Gasteiger partial charge in [0.1, 0.15) is 0 Å². The van der Waals surface area contributed by atoms with Gasteiger partial charge in [-0.3, -0.25) is 9.48 Å². The van der Waals surface area contributed by atoms with Crippen molar-refractivity contribution >= 4 is 23.2 Å². The summed E-state index contributed by atoms with van der Waals surface area (Å²) >= 11 is 5.91. The number of tetrazole rings is 1. The van der Waals surface area contributed by atoms with Gasteiger partial charge in [0.15, 0.2) is 6.04 Å². The zero-order chi connectivity index (χ0) is 22.4. The number of aromatic nitrogens is 6. The Morgan fingerprint density at radius 2 is 2.10 bits per heavy atom. The van der Waals surface area contributed by atoms with Gasteiger partial charge in [-0.25, -0.2) is 0 Å². The summed E-state index contributed by atoms with van der Waals surface area (Å²) < 4.78 is 1.55. The second-order valence-corrected chi connectivity index (χ2v) is 7.39. The number of aliphatic hydroxyl groups is 1. The van der Waals surface area contributed by atoms with E-state index in [0.717, 1.165) is 5.56 Å². The Bertz CT molecular complexity index is 990. The van der Waals surface area contributed by atoms with E-state index in [1.54, 1.807) is 42.2 Å². The Hall–Kier alpha value is -2.86. The summed E-state index contributed by atoms with van der Waals surface area (Å²) in [4.78, 5) is 19.1. The smallest absolute Gasteiger partial charge is 0.251 e. The van der Waals surface area contributed by atoms with Gasteiger partial charge in [-0.2, -0.15) is 15.0 Å². The van der Waals surface area contributed by atoms with Crippen LogP contribution in [0.25, 0.3) is 11.4 Å². The summed E-state index contributed by atoms with van der Waals surface area (Å²) in [5.74, 6) is 0.118. The molecule has 0 radical (unpaired) electrons. The normalized spacial score (nSPS) is 13.4. The molecule has 3 aromatic rings. The predicted octanol–water partition coefficient (Wildman–Crippen LogP) is 1.63. The van der Waals surface area contributed by atoms with Crippen molar-refractivity contribution in [3.8, 4) is 11.4 Å². The lowest BCUT2D eigenvalue weighted by molar-refractivity contribution is -0.129. The van der Waals surface area contributed by atoms with E-state index in [9.17, 15) is 9.90 Å². The topological polar surface area (TPSA) is 123 Å². The Kier molecular flexibility index (Phi) is 7.69. The van der Waals surface area contributed by atoms with Crippen molar-refractivity contribution in [1.82, 2.24) is 35.1 Å². The van der Waals surface area contributed by atoms with Crippen LogP contribution in [0.4, 0.5) is 5.69 Å². The molecule has 2 heterocycles. The van der Waals surface area contributed by atoms with Gasteiger partial charge in [0.05, 0.1) is 38.2 Å². The SMILES string of the molecule is CCC(C(=O)Nc1cnn(CC(O)CN(C)OC)c1)n1nnc(-c2ccc(Cl)cc2)n1. The molecular formula is C19H25ClN8O3. The van der Waals surface area contributed by atoms with Crippen LogP contribution in [0, 0.1) is 0 Å².